The van der Waals surface area contributed by atoms with Crippen LogP contribution in [0.3, 0.4) is 0 Å². The summed E-state index contributed by atoms with van der Waals surface area (Å²) in [5.41, 5.74) is -0.416. The summed E-state index contributed by atoms with van der Waals surface area (Å²) in [5, 5.41) is 22.5. The summed E-state index contributed by atoms with van der Waals surface area (Å²) < 4.78 is 16.6. The van der Waals surface area contributed by atoms with E-state index in [-0.39, 0.29) is 52.4 Å². The zero-order valence-electron chi connectivity index (χ0n) is 20.8. The van der Waals surface area contributed by atoms with Gasteiger partial charge in [-0.1, -0.05) is 0 Å². The number of esters is 1. The molecule has 0 aliphatic rings. The molecular formula is C27H23N3O9. The van der Waals surface area contributed by atoms with Crippen LogP contribution in [0.4, 0.5) is 15.3 Å². The molecule has 1 amide bonds. The Labute approximate surface area is 221 Å². The molecule has 0 aliphatic heterocycles. The number of hydrogen-bond donors (Lipinski definition) is 3. The van der Waals surface area contributed by atoms with Gasteiger partial charge in [0.05, 0.1) is 41.1 Å². The molecule has 0 spiro atoms. The number of benzene rings is 2. The van der Waals surface area contributed by atoms with Crippen LogP contribution in [0.5, 0.6) is 17.2 Å². The maximum absolute atomic E-state index is 13.1. The summed E-state index contributed by atoms with van der Waals surface area (Å²) >= 11 is 0. The molecule has 12 heteroatoms. The number of carbonyl (C=O) groups is 3. The minimum atomic E-state index is -0.892. The maximum Gasteiger partial charge on any atom is 0.418 e. The van der Waals surface area contributed by atoms with Gasteiger partial charge in [-0.05, 0) is 50.2 Å². The lowest BCUT2D eigenvalue weighted by molar-refractivity contribution is 0.0734. The number of rotatable bonds is 6. The first-order chi connectivity index (χ1) is 18.7. The van der Waals surface area contributed by atoms with Gasteiger partial charge >= 0.3 is 18.2 Å². The quantitative estimate of drug-likeness (QED) is 0.185. The average molecular weight is 533 g/mol. The fourth-order valence-electron chi connectivity index (χ4n) is 3.81. The summed E-state index contributed by atoms with van der Waals surface area (Å²) in [6.45, 7) is 3.25. The minimum absolute atomic E-state index is 0.00682. The highest BCUT2D eigenvalue weighted by Gasteiger charge is 2.23. The summed E-state index contributed by atoms with van der Waals surface area (Å²) in [4.78, 5) is 54.9. The zero-order valence-corrected chi connectivity index (χ0v) is 20.8. The molecular weight excluding hydrogens is 510 g/mol. The second-order valence-corrected chi connectivity index (χ2v) is 7.94. The Balaban J connectivity index is 1.92. The molecule has 0 saturated heterocycles. The zero-order chi connectivity index (χ0) is 28.1. The van der Waals surface area contributed by atoms with Gasteiger partial charge in [0, 0.05) is 30.1 Å². The molecule has 39 heavy (non-hydrogen) atoms. The van der Waals surface area contributed by atoms with Crippen molar-refractivity contribution in [2.45, 2.75) is 13.8 Å². The Morgan fingerprint density at radius 1 is 1.00 bits per heavy atom. The van der Waals surface area contributed by atoms with Crippen LogP contribution in [-0.4, -0.2) is 51.1 Å². The Morgan fingerprint density at radius 2 is 1.77 bits per heavy atom. The number of nitrogens with zero attached hydrogens (tertiary/aromatic N) is 2. The number of ether oxygens (including phenoxy) is 3. The van der Waals surface area contributed by atoms with Crippen LogP contribution < -0.4 is 15.5 Å². The van der Waals surface area contributed by atoms with E-state index in [0.717, 1.165) is 16.7 Å². The van der Waals surface area contributed by atoms with Crippen molar-refractivity contribution in [2.75, 3.05) is 18.5 Å². The SMILES string of the molecule is CCOC(=O)Nc1cc(OC(=O)c2cccnc2)ccc1-c1cc(=O)c2c(O)c(O)ccc2n1C(=O)OCC. The van der Waals surface area contributed by atoms with E-state index >= 15 is 0 Å². The van der Waals surface area contributed by atoms with Gasteiger partial charge in [-0.2, -0.15) is 0 Å². The largest absolute Gasteiger partial charge is 0.504 e. The van der Waals surface area contributed by atoms with E-state index in [9.17, 15) is 29.4 Å². The van der Waals surface area contributed by atoms with Gasteiger partial charge in [-0.15, -0.1) is 0 Å². The summed E-state index contributed by atoms with van der Waals surface area (Å²) in [7, 11) is 0. The van der Waals surface area contributed by atoms with Crippen LogP contribution in [0.2, 0.25) is 0 Å². The van der Waals surface area contributed by atoms with Crippen molar-refractivity contribution >= 4 is 34.7 Å². The van der Waals surface area contributed by atoms with Crippen molar-refractivity contribution in [1.29, 1.82) is 0 Å². The molecule has 0 radical (unpaired) electrons. The first-order valence-corrected chi connectivity index (χ1v) is 11.7. The number of anilines is 1. The van der Waals surface area contributed by atoms with Crippen LogP contribution in [0.1, 0.15) is 24.2 Å². The third-order valence-electron chi connectivity index (χ3n) is 5.47. The smallest absolute Gasteiger partial charge is 0.418 e. The van der Waals surface area contributed by atoms with E-state index in [2.05, 4.69) is 10.3 Å². The molecule has 12 nitrogen and oxygen atoms in total. The lowest BCUT2D eigenvalue weighted by Crippen LogP contribution is -2.21. The molecule has 0 bridgehead atoms. The molecule has 0 fully saturated rings. The van der Waals surface area contributed by atoms with Crippen molar-refractivity contribution < 1.29 is 38.8 Å². The summed E-state index contributed by atoms with van der Waals surface area (Å²) in [6.07, 6.45) is 1.09. The minimum Gasteiger partial charge on any atom is -0.504 e. The van der Waals surface area contributed by atoms with E-state index in [0.29, 0.717) is 0 Å². The predicted molar refractivity (Wildman–Crippen MR) is 139 cm³/mol. The van der Waals surface area contributed by atoms with Crippen LogP contribution in [0, 0.1) is 0 Å². The molecule has 2 aromatic heterocycles. The predicted octanol–water partition coefficient (Wildman–Crippen LogP) is 4.27. The lowest BCUT2D eigenvalue weighted by Gasteiger charge is -2.19. The van der Waals surface area contributed by atoms with Gasteiger partial charge in [0.25, 0.3) is 0 Å². The Hall–Kier alpha value is -5.39. The number of fused-ring (bicyclic) bond motifs is 1. The number of hydrogen-bond acceptors (Lipinski definition) is 10. The number of carbonyl (C=O) groups excluding carboxylic acids is 3. The number of aromatic nitrogens is 2. The fourth-order valence-corrected chi connectivity index (χ4v) is 3.81. The molecule has 4 aromatic rings. The normalized spacial score (nSPS) is 10.6. The van der Waals surface area contributed by atoms with Gasteiger partial charge in [-0.3, -0.25) is 15.1 Å². The fraction of sp³-hybridized carbons (Fsp3) is 0.148. The highest BCUT2D eigenvalue weighted by molar-refractivity contribution is 5.99. The lowest BCUT2D eigenvalue weighted by atomic mass is 10.0. The van der Waals surface area contributed by atoms with E-state index in [1.54, 1.807) is 19.9 Å². The van der Waals surface area contributed by atoms with Crippen molar-refractivity contribution in [3.63, 3.8) is 0 Å². The van der Waals surface area contributed by atoms with Gasteiger partial charge in [0.1, 0.15) is 5.75 Å². The molecule has 0 saturated carbocycles. The maximum atomic E-state index is 13.1. The second kappa shape index (κ2) is 11.3. The van der Waals surface area contributed by atoms with Crippen molar-refractivity contribution in [3.8, 4) is 28.5 Å². The van der Waals surface area contributed by atoms with Crippen LogP contribution in [0.25, 0.3) is 22.2 Å². The Bertz CT molecular complexity index is 1630. The van der Waals surface area contributed by atoms with Crippen LogP contribution in [-0.2, 0) is 9.47 Å². The second-order valence-electron chi connectivity index (χ2n) is 7.94. The molecule has 2 aromatic carbocycles. The van der Waals surface area contributed by atoms with Gasteiger partial charge in [0.15, 0.2) is 16.9 Å². The van der Waals surface area contributed by atoms with E-state index in [1.165, 1.54) is 42.7 Å². The summed E-state index contributed by atoms with van der Waals surface area (Å²) in [5.74, 6) is -1.92. The van der Waals surface area contributed by atoms with E-state index in [4.69, 9.17) is 14.2 Å². The standard InChI is InChI=1S/C27H23N3O9/c1-3-37-26(35)29-18-12-16(39-25(34)15-6-5-11-28-14-15)7-8-17(18)20-13-22(32)23-19(9-10-21(31)24(23)33)30(20)27(36)38-4-2/h5-14,31,33H,3-4H2,1-2H3,(H,29,35). The highest BCUT2D eigenvalue weighted by atomic mass is 16.6. The number of phenolic OH excluding ortho intramolecular Hbond substituents is 2. The third kappa shape index (κ3) is 5.49. The van der Waals surface area contributed by atoms with Crippen LogP contribution in [0.15, 0.2) is 65.7 Å². The molecule has 3 N–H and O–H groups in total. The van der Waals surface area contributed by atoms with Gasteiger partial charge in [-0.25, -0.2) is 19.0 Å². The topological polar surface area (TPSA) is 166 Å². The first kappa shape index (κ1) is 26.7. The molecule has 200 valence electrons. The molecule has 0 atom stereocenters. The third-order valence-corrected chi connectivity index (χ3v) is 5.47. The number of pyridine rings is 2. The molecule has 0 aliphatic carbocycles. The number of amides is 1. The molecule has 0 unspecified atom stereocenters. The number of nitrogens with one attached hydrogen (secondary N) is 1. The van der Waals surface area contributed by atoms with Crippen LogP contribution >= 0.6 is 0 Å². The monoisotopic (exact) mass is 533 g/mol. The Morgan fingerprint density at radius 3 is 2.46 bits per heavy atom. The van der Waals surface area contributed by atoms with Gasteiger partial charge in [0.2, 0.25) is 0 Å². The summed E-state index contributed by atoms with van der Waals surface area (Å²) in [6, 6.07) is 10.7. The van der Waals surface area contributed by atoms with Crippen molar-refractivity contribution in [1.82, 2.24) is 9.55 Å². The average Bonchev–Trinajstić information content (AvgIpc) is 2.91. The van der Waals surface area contributed by atoms with E-state index in [1.807, 2.05) is 0 Å². The Kier molecular flexibility index (Phi) is 7.75. The number of aromatic hydroxyl groups is 2. The van der Waals surface area contributed by atoms with E-state index < -0.39 is 35.1 Å². The molecule has 2 heterocycles. The van der Waals surface area contributed by atoms with Crippen molar-refractivity contribution in [3.05, 3.63) is 76.7 Å². The number of phenols is 2. The first-order valence-electron chi connectivity index (χ1n) is 11.7. The van der Waals surface area contributed by atoms with Crippen molar-refractivity contribution in [2.24, 2.45) is 0 Å². The van der Waals surface area contributed by atoms with Gasteiger partial charge < -0.3 is 24.4 Å². The molecule has 4 rings (SSSR count). The highest BCUT2D eigenvalue weighted by Crippen LogP contribution is 2.37.